The molecule has 0 fully saturated rings. The van der Waals surface area contributed by atoms with Crippen LogP contribution < -0.4 is 10.6 Å². The number of hydrogen-bond donors (Lipinski definition) is 2. The van der Waals surface area contributed by atoms with Gasteiger partial charge in [0.25, 0.3) is 0 Å². The zero-order valence-corrected chi connectivity index (χ0v) is 13.4. The van der Waals surface area contributed by atoms with E-state index in [-0.39, 0.29) is 24.5 Å². The standard InChI is InChI=1S/C17H17N3O4/c1-3-24-17(23)11-4-6-12(7-5-11)20-16(22)13-8-15(21)19-10(2)14(13)9-18/h4-7,13H,3,8H2,1-2H3,(H,19,21)(H,20,22). The van der Waals surface area contributed by atoms with Crippen molar-refractivity contribution >= 4 is 23.5 Å². The normalized spacial score (nSPS) is 16.9. The number of benzene rings is 1. The van der Waals surface area contributed by atoms with E-state index in [2.05, 4.69) is 10.6 Å². The highest BCUT2D eigenvalue weighted by atomic mass is 16.5. The van der Waals surface area contributed by atoms with Crippen molar-refractivity contribution in [3.63, 3.8) is 0 Å². The van der Waals surface area contributed by atoms with E-state index in [1.54, 1.807) is 26.0 Å². The summed E-state index contributed by atoms with van der Waals surface area (Å²) >= 11 is 0. The van der Waals surface area contributed by atoms with Crippen LogP contribution in [0.4, 0.5) is 5.69 Å². The first-order valence-corrected chi connectivity index (χ1v) is 7.45. The van der Waals surface area contributed by atoms with Crippen LogP contribution in [0.2, 0.25) is 0 Å². The molecular weight excluding hydrogens is 310 g/mol. The van der Waals surface area contributed by atoms with Crippen LogP contribution in [0.5, 0.6) is 0 Å². The Balaban J connectivity index is 2.12. The molecular formula is C17H17N3O4. The maximum Gasteiger partial charge on any atom is 0.338 e. The molecule has 0 aromatic heterocycles. The predicted molar refractivity (Wildman–Crippen MR) is 85.6 cm³/mol. The van der Waals surface area contributed by atoms with Gasteiger partial charge in [0.1, 0.15) is 0 Å². The number of amides is 2. The lowest BCUT2D eigenvalue weighted by Crippen LogP contribution is -2.37. The van der Waals surface area contributed by atoms with Crippen molar-refractivity contribution in [1.29, 1.82) is 5.26 Å². The second kappa shape index (κ2) is 7.42. The first-order valence-electron chi connectivity index (χ1n) is 7.45. The van der Waals surface area contributed by atoms with Crippen molar-refractivity contribution in [2.45, 2.75) is 20.3 Å². The minimum absolute atomic E-state index is 0.0764. The van der Waals surface area contributed by atoms with Crippen LogP contribution in [0, 0.1) is 17.2 Å². The summed E-state index contributed by atoms with van der Waals surface area (Å²) < 4.78 is 4.88. The van der Waals surface area contributed by atoms with Crippen molar-refractivity contribution in [2.24, 2.45) is 5.92 Å². The summed E-state index contributed by atoms with van der Waals surface area (Å²) in [5.74, 6) is -2.01. The van der Waals surface area contributed by atoms with Gasteiger partial charge in [0.15, 0.2) is 0 Å². The molecule has 1 heterocycles. The fraction of sp³-hybridized carbons (Fsp3) is 0.294. The maximum absolute atomic E-state index is 12.4. The first kappa shape index (κ1) is 17.2. The number of anilines is 1. The van der Waals surface area contributed by atoms with Crippen LogP contribution >= 0.6 is 0 Å². The number of nitrogens with zero attached hydrogens (tertiary/aromatic N) is 1. The lowest BCUT2D eigenvalue weighted by atomic mass is 9.90. The smallest absolute Gasteiger partial charge is 0.338 e. The van der Waals surface area contributed by atoms with Crippen molar-refractivity contribution in [3.05, 3.63) is 41.1 Å². The van der Waals surface area contributed by atoms with E-state index < -0.39 is 17.8 Å². The van der Waals surface area contributed by atoms with E-state index in [9.17, 15) is 19.6 Å². The molecule has 0 radical (unpaired) electrons. The molecule has 1 aromatic rings. The third-order valence-corrected chi connectivity index (χ3v) is 3.57. The molecule has 0 bridgehead atoms. The average molecular weight is 327 g/mol. The Morgan fingerprint density at radius 1 is 1.38 bits per heavy atom. The quantitative estimate of drug-likeness (QED) is 0.819. The first-order chi connectivity index (χ1) is 11.5. The third kappa shape index (κ3) is 3.79. The van der Waals surface area contributed by atoms with Crippen LogP contribution in [0.1, 0.15) is 30.6 Å². The molecule has 2 N–H and O–H groups in total. The molecule has 7 nitrogen and oxygen atoms in total. The van der Waals surface area contributed by atoms with Gasteiger partial charge in [0.05, 0.1) is 29.7 Å². The third-order valence-electron chi connectivity index (χ3n) is 3.57. The number of nitrogens with one attached hydrogen (secondary N) is 2. The van der Waals surface area contributed by atoms with Crippen LogP contribution in [0.25, 0.3) is 0 Å². The highest BCUT2D eigenvalue weighted by Gasteiger charge is 2.31. The number of hydrogen-bond acceptors (Lipinski definition) is 5. The second-order valence-corrected chi connectivity index (χ2v) is 5.24. The Morgan fingerprint density at radius 3 is 2.62 bits per heavy atom. The number of esters is 1. The van der Waals surface area contributed by atoms with Crippen LogP contribution in [0.15, 0.2) is 35.5 Å². The molecule has 2 rings (SSSR count). The molecule has 0 spiro atoms. The molecule has 1 aliphatic heterocycles. The van der Waals surface area contributed by atoms with Crippen LogP contribution in [0.3, 0.4) is 0 Å². The Kier molecular flexibility index (Phi) is 5.32. The summed E-state index contributed by atoms with van der Waals surface area (Å²) in [7, 11) is 0. The second-order valence-electron chi connectivity index (χ2n) is 5.24. The van der Waals surface area contributed by atoms with Gasteiger partial charge in [-0.15, -0.1) is 0 Å². The lowest BCUT2D eigenvalue weighted by Gasteiger charge is -2.22. The van der Waals surface area contributed by atoms with Crippen LogP contribution in [-0.2, 0) is 14.3 Å². The Morgan fingerprint density at radius 2 is 2.04 bits per heavy atom. The maximum atomic E-state index is 12.4. The molecule has 124 valence electrons. The summed E-state index contributed by atoms with van der Waals surface area (Å²) in [5.41, 5.74) is 1.48. The fourth-order valence-corrected chi connectivity index (χ4v) is 2.40. The van der Waals surface area contributed by atoms with Gasteiger partial charge in [-0.05, 0) is 38.1 Å². The van der Waals surface area contributed by atoms with Gasteiger partial charge in [-0.2, -0.15) is 5.26 Å². The molecule has 7 heteroatoms. The molecule has 1 aromatic carbocycles. The van der Waals surface area contributed by atoms with Crippen molar-refractivity contribution < 1.29 is 19.1 Å². The Bertz CT molecular complexity index is 744. The van der Waals surface area contributed by atoms with Gasteiger partial charge in [-0.1, -0.05) is 0 Å². The molecule has 1 unspecified atom stereocenters. The summed E-state index contributed by atoms with van der Waals surface area (Å²) in [4.78, 5) is 35.6. The van der Waals surface area contributed by atoms with Crippen molar-refractivity contribution in [2.75, 3.05) is 11.9 Å². The summed E-state index contributed by atoms with van der Waals surface area (Å²) in [6.45, 7) is 3.59. The van der Waals surface area contributed by atoms with E-state index in [1.807, 2.05) is 6.07 Å². The average Bonchev–Trinajstić information content (AvgIpc) is 2.55. The summed E-state index contributed by atoms with van der Waals surface area (Å²) in [6.07, 6.45) is -0.0764. The van der Waals surface area contributed by atoms with E-state index in [4.69, 9.17) is 4.74 Å². The number of nitriles is 1. The van der Waals surface area contributed by atoms with Gasteiger partial charge in [0, 0.05) is 17.8 Å². The lowest BCUT2D eigenvalue weighted by molar-refractivity contribution is -0.126. The highest BCUT2D eigenvalue weighted by Crippen LogP contribution is 2.24. The fourth-order valence-electron chi connectivity index (χ4n) is 2.40. The minimum atomic E-state index is -0.825. The van der Waals surface area contributed by atoms with Gasteiger partial charge >= 0.3 is 5.97 Å². The van der Waals surface area contributed by atoms with Gasteiger partial charge in [0.2, 0.25) is 11.8 Å². The molecule has 1 atom stereocenters. The molecule has 24 heavy (non-hydrogen) atoms. The van der Waals surface area contributed by atoms with E-state index >= 15 is 0 Å². The summed E-state index contributed by atoms with van der Waals surface area (Å²) in [6, 6.07) is 8.17. The number of allylic oxidation sites excluding steroid dienone is 1. The number of rotatable bonds is 4. The highest BCUT2D eigenvalue weighted by molar-refractivity contribution is 5.99. The number of carbonyl (C=O) groups excluding carboxylic acids is 3. The van der Waals surface area contributed by atoms with E-state index in [0.29, 0.717) is 16.9 Å². The zero-order valence-electron chi connectivity index (χ0n) is 13.4. The molecule has 0 saturated heterocycles. The molecule has 0 aliphatic carbocycles. The van der Waals surface area contributed by atoms with Crippen LogP contribution in [-0.4, -0.2) is 24.4 Å². The number of ether oxygens (including phenoxy) is 1. The SMILES string of the molecule is CCOC(=O)c1ccc(NC(=O)C2CC(=O)NC(C)=C2C#N)cc1. The Labute approximate surface area is 139 Å². The van der Waals surface area contributed by atoms with Crippen molar-refractivity contribution in [1.82, 2.24) is 5.32 Å². The van der Waals surface area contributed by atoms with Crippen molar-refractivity contribution in [3.8, 4) is 6.07 Å². The zero-order chi connectivity index (χ0) is 17.7. The topological polar surface area (TPSA) is 108 Å². The largest absolute Gasteiger partial charge is 0.462 e. The predicted octanol–water partition coefficient (Wildman–Crippen LogP) is 1.74. The van der Waals surface area contributed by atoms with E-state index in [1.165, 1.54) is 12.1 Å². The minimum Gasteiger partial charge on any atom is -0.462 e. The van der Waals surface area contributed by atoms with Gasteiger partial charge in [-0.25, -0.2) is 4.79 Å². The monoisotopic (exact) mass is 327 g/mol. The van der Waals surface area contributed by atoms with E-state index in [0.717, 1.165) is 0 Å². The molecule has 0 saturated carbocycles. The molecule has 2 amide bonds. The molecule has 1 aliphatic rings. The number of carbonyl (C=O) groups is 3. The van der Waals surface area contributed by atoms with Gasteiger partial charge < -0.3 is 15.4 Å². The summed E-state index contributed by atoms with van der Waals surface area (Å²) in [5, 5.41) is 14.4. The van der Waals surface area contributed by atoms with Gasteiger partial charge in [-0.3, -0.25) is 9.59 Å². The Hall–Kier alpha value is -3.14.